The smallest absolute Gasteiger partial charge is 0.406 e. The van der Waals surface area contributed by atoms with Gasteiger partial charge >= 0.3 is 6.36 Å². The number of alkyl halides is 3. The third-order valence-electron chi connectivity index (χ3n) is 4.08. The van der Waals surface area contributed by atoms with Gasteiger partial charge in [0.15, 0.2) is 0 Å². The molecule has 2 N–H and O–H groups in total. The van der Waals surface area contributed by atoms with Crippen molar-refractivity contribution in [2.45, 2.75) is 43.9 Å². The molecule has 0 heterocycles. The van der Waals surface area contributed by atoms with Crippen LogP contribution in [0.15, 0.2) is 53.4 Å². The van der Waals surface area contributed by atoms with E-state index in [4.69, 9.17) is 5.41 Å². The summed E-state index contributed by atoms with van der Waals surface area (Å²) in [5.74, 6) is -0.360. The third-order valence-corrected chi connectivity index (χ3v) is 5.48. The van der Waals surface area contributed by atoms with E-state index in [1.165, 1.54) is 0 Å². The molecule has 0 aliphatic heterocycles. The van der Waals surface area contributed by atoms with E-state index in [2.05, 4.69) is 9.46 Å². The Morgan fingerprint density at radius 1 is 1.11 bits per heavy atom. The number of rotatable bonds is 8. The molecule has 152 valence electrons. The Morgan fingerprint density at radius 2 is 1.68 bits per heavy atom. The molecule has 0 aromatic heterocycles. The molecule has 9 heteroatoms. The highest BCUT2D eigenvalue weighted by molar-refractivity contribution is 7.92. The predicted molar refractivity (Wildman–Crippen MR) is 101 cm³/mol. The molecule has 0 saturated carbocycles. The van der Waals surface area contributed by atoms with Crippen LogP contribution in [0.1, 0.15) is 38.2 Å². The minimum absolute atomic E-state index is 0.138. The van der Waals surface area contributed by atoms with Gasteiger partial charge in [0.25, 0.3) is 10.0 Å². The summed E-state index contributed by atoms with van der Waals surface area (Å²) in [7, 11) is -3.95. The Morgan fingerprint density at radius 3 is 2.18 bits per heavy atom. The first-order valence-corrected chi connectivity index (χ1v) is 10.0. The summed E-state index contributed by atoms with van der Waals surface area (Å²) in [6.45, 7) is 3.92. The van der Waals surface area contributed by atoms with Crippen molar-refractivity contribution in [3.05, 3.63) is 54.1 Å². The van der Waals surface area contributed by atoms with Crippen LogP contribution in [0, 0.1) is 5.41 Å². The molecule has 0 radical (unpaired) electrons. The van der Waals surface area contributed by atoms with Crippen LogP contribution in [0.5, 0.6) is 5.75 Å². The van der Waals surface area contributed by atoms with Gasteiger partial charge in [-0.1, -0.05) is 26.0 Å². The molecule has 0 spiro atoms. The van der Waals surface area contributed by atoms with E-state index in [1.807, 2.05) is 13.8 Å². The molecular weight excluding hydrogens is 393 g/mol. The van der Waals surface area contributed by atoms with Gasteiger partial charge in [0, 0.05) is 11.4 Å². The van der Waals surface area contributed by atoms with Crippen molar-refractivity contribution in [3.63, 3.8) is 0 Å². The average Bonchev–Trinajstić information content (AvgIpc) is 2.61. The van der Waals surface area contributed by atoms with E-state index in [9.17, 15) is 21.6 Å². The number of anilines is 1. The first kappa shape index (κ1) is 21.7. The lowest BCUT2D eigenvalue weighted by atomic mass is 9.94. The summed E-state index contributed by atoms with van der Waals surface area (Å²) in [6, 6.07) is 10.7. The summed E-state index contributed by atoms with van der Waals surface area (Å²) in [6.07, 6.45) is -3.52. The highest BCUT2D eigenvalue weighted by Crippen LogP contribution is 2.26. The molecule has 0 saturated heterocycles. The molecule has 5 nitrogen and oxygen atoms in total. The number of ether oxygens (including phenoxy) is 1. The molecule has 0 unspecified atom stereocenters. The van der Waals surface area contributed by atoms with Crippen molar-refractivity contribution in [2.24, 2.45) is 0 Å². The zero-order chi connectivity index (χ0) is 20.9. The van der Waals surface area contributed by atoms with Crippen LogP contribution in [0.25, 0.3) is 0 Å². The Balaban J connectivity index is 2.08. The summed E-state index contributed by atoms with van der Waals surface area (Å²) >= 11 is 0. The van der Waals surface area contributed by atoms with Gasteiger partial charge in [-0.2, -0.15) is 0 Å². The average molecular weight is 414 g/mol. The maximum atomic E-state index is 12.4. The van der Waals surface area contributed by atoms with Gasteiger partial charge in [0.05, 0.1) is 4.90 Å². The lowest BCUT2D eigenvalue weighted by Crippen LogP contribution is -2.17. The highest BCUT2D eigenvalue weighted by atomic mass is 32.2. The fraction of sp³-hybridized carbons (Fsp3) is 0.316. The van der Waals surface area contributed by atoms with Gasteiger partial charge in [-0.3, -0.25) is 4.72 Å². The van der Waals surface area contributed by atoms with Crippen LogP contribution in [0.4, 0.5) is 18.9 Å². The maximum Gasteiger partial charge on any atom is 0.573 e. The third kappa shape index (κ3) is 6.26. The second-order valence-corrected chi connectivity index (χ2v) is 7.99. The van der Waals surface area contributed by atoms with Gasteiger partial charge in [-0.05, 0) is 60.7 Å². The molecular formula is C19H21F3N2O3S. The number of sulfonamides is 1. The van der Waals surface area contributed by atoms with Gasteiger partial charge in [0.2, 0.25) is 0 Å². The summed E-state index contributed by atoms with van der Waals surface area (Å²) in [5, 5.41) is 7.77. The molecule has 0 fully saturated rings. The van der Waals surface area contributed by atoms with Crippen LogP contribution in [0.2, 0.25) is 0 Å². The largest absolute Gasteiger partial charge is 0.573 e. The van der Waals surface area contributed by atoms with Crippen molar-refractivity contribution >= 4 is 21.4 Å². The fourth-order valence-corrected chi connectivity index (χ4v) is 3.60. The van der Waals surface area contributed by atoms with Crippen molar-refractivity contribution in [1.29, 1.82) is 5.41 Å². The number of nitrogens with one attached hydrogen (secondary N) is 2. The molecule has 0 amide bonds. The topological polar surface area (TPSA) is 79.3 Å². The predicted octanol–water partition coefficient (Wildman–Crippen LogP) is 5.31. The maximum absolute atomic E-state index is 12.4. The number of benzene rings is 2. The minimum Gasteiger partial charge on any atom is -0.406 e. The van der Waals surface area contributed by atoms with E-state index in [-0.39, 0.29) is 10.8 Å². The summed E-state index contributed by atoms with van der Waals surface area (Å²) in [5.41, 5.74) is 1.96. The van der Waals surface area contributed by atoms with Crippen LogP contribution >= 0.6 is 0 Å². The van der Waals surface area contributed by atoms with E-state index >= 15 is 0 Å². The Labute approximate surface area is 162 Å². The van der Waals surface area contributed by atoms with Gasteiger partial charge < -0.3 is 10.1 Å². The quantitative estimate of drug-likeness (QED) is 0.575. The zero-order valence-electron chi connectivity index (χ0n) is 15.4. The highest BCUT2D eigenvalue weighted by Gasteiger charge is 2.31. The van der Waals surface area contributed by atoms with Crippen LogP contribution < -0.4 is 9.46 Å². The minimum atomic E-state index is -4.84. The second kappa shape index (κ2) is 8.64. The van der Waals surface area contributed by atoms with Crippen LogP contribution in [-0.2, 0) is 10.0 Å². The van der Waals surface area contributed by atoms with E-state index in [0.29, 0.717) is 24.2 Å². The zero-order valence-corrected chi connectivity index (χ0v) is 16.2. The SMILES string of the molecule is CCC(=N)C[C@H](C)c1ccc(NS(=O)(=O)c2ccc(OC(F)(F)F)cc2)cc1. The monoisotopic (exact) mass is 414 g/mol. The van der Waals surface area contributed by atoms with Gasteiger partial charge in [0.1, 0.15) is 5.75 Å². The number of halogens is 3. The van der Waals surface area contributed by atoms with E-state index < -0.39 is 22.1 Å². The Kier molecular flexibility index (Phi) is 6.71. The Bertz CT molecular complexity index is 909. The van der Waals surface area contributed by atoms with Crippen LogP contribution in [0.3, 0.4) is 0 Å². The van der Waals surface area contributed by atoms with Crippen LogP contribution in [-0.4, -0.2) is 20.5 Å². The number of hydrogen-bond acceptors (Lipinski definition) is 4. The first-order valence-electron chi connectivity index (χ1n) is 8.55. The fourth-order valence-electron chi connectivity index (χ4n) is 2.55. The van der Waals surface area contributed by atoms with Crippen molar-refractivity contribution in [2.75, 3.05) is 4.72 Å². The first-order chi connectivity index (χ1) is 13.0. The standard InChI is InChI=1S/C19H21F3N2O3S/c1-3-15(23)12-13(2)14-4-6-16(7-5-14)24-28(25,26)18-10-8-17(9-11-18)27-19(20,21)22/h4-11,13,23-24H,3,12H2,1-2H3/t13-/m0/s1. The molecule has 0 aliphatic carbocycles. The molecule has 2 aromatic carbocycles. The lowest BCUT2D eigenvalue weighted by Gasteiger charge is -2.14. The van der Waals surface area contributed by atoms with Gasteiger partial charge in [-0.15, -0.1) is 13.2 Å². The molecule has 1 atom stereocenters. The van der Waals surface area contributed by atoms with E-state index in [0.717, 1.165) is 29.8 Å². The molecule has 28 heavy (non-hydrogen) atoms. The summed E-state index contributed by atoms with van der Waals surface area (Å²) in [4.78, 5) is -0.184. The Hall–Kier alpha value is -2.55. The lowest BCUT2D eigenvalue weighted by molar-refractivity contribution is -0.274. The normalized spacial score (nSPS) is 13.0. The second-order valence-electron chi connectivity index (χ2n) is 6.31. The molecule has 0 bridgehead atoms. The summed E-state index contributed by atoms with van der Waals surface area (Å²) < 4.78 is 67.4. The molecule has 2 rings (SSSR count). The van der Waals surface area contributed by atoms with E-state index in [1.54, 1.807) is 24.3 Å². The van der Waals surface area contributed by atoms with Crippen molar-refractivity contribution in [3.8, 4) is 5.75 Å². The van der Waals surface area contributed by atoms with Crippen molar-refractivity contribution < 1.29 is 26.3 Å². The van der Waals surface area contributed by atoms with Crippen molar-refractivity contribution in [1.82, 2.24) is 0 Å². The molecule has 2 aromatic rings. The molecule has 0 aliphatic rings. The number of hydrogen-bond donors (Lipinski definition) is 2. The van der Waals surface area contributed by atoms with Gasteiger partial charge in [-0.25, -0.2) is 8.42 Å².